The number of nitrogens with zero attached hydrogens (tertiary/aromatic N) is 1. The third-order valence-electron chi connectivity index (χ3n) is 6.25. The maximum Gasteiger partial charge on any atom is 0.254 e. The van der Waals surface area contributed by atoms with Gasteiger partial charge < -0.3 is 10.0 Å². The van der Waals surface area contributed by atoms with Gasteiger partial charge in [-0.15, -0.1) is 0 Å². The van der Waals surface area contributed by atoms with E-state index in [2.05, 4.69) is 12.1 Å². The standard InChI is InChI=1S/C24H27NO3/c26-22(11-9-17-5-2-1-3-6-17)18-13-15-25(16-14-18)24(28)21-8-4-7-20-19(21)10-12-23(20)27/h1-8,18,22,26H,9-16H2. The van der Waals surface area contributed by atoms with E-state index in [1.54, 1.807) is 0 Å². The smallest absolute Gasteiger partial charge is 0.254 e. The quantitative estimate of drug-likeness (QED) is 0.865. The van der Waals surface area contributed by atoms with Crippen molar-refractivity contribution in [3.05, 3.63) is 70.8 Å². The van der Waals surface area contributed by atoms with E-state index in [9.17, 15) is 14.7 Å². The first kappa shape index (κ1) is 18.9. The van der Waals surface area contributed by atoms with Gasteiger partial charge in [0.1, 0.15) is 0 Å². The first-order valence-electron chi connectivity index (χ1n) is 10.3. The van der Waals surface area contributed by atoms with Crippen LogP contribution in [0.3, 0.4) is 0 Å². The molecule has 4 heteroatoms. The fraction of sp³-hybridized carbons (Fsp3) is 0.417. The molecule has 1 fully saturated rings. The summed E-state index contributed by atoms with van der Waals surface area (Å²) >= 11 is 0. The van der Waals surface area contributed by atoms with E-state index in [1.807, 2.05) is 41.3 Å². The number of aryl methyl sites for hydroxylation is 1. The number of likely N-dealkylation sites (tertiary alicyclic amines) is 1. The Morgan fingerprint density at radius 3 is 2.54 bits per heavy atom. The van der Waals surface area contributed by atoms with E-state index in [0.29, 0.717) is 31.5 Å². The summed E-state index contributed by atoms with van der Waals surface area (Å²) in [4.78, 5) is 26.8. The van der Waals surface area contributed by atoms with E-state index in [1.165, 1.54) is 5.56 Å². The third-order valence-corrected chi connectivity index (χ3v) is 6.25. The second-order valence-corrected chi connectivity index (χ2v) is 7.98. The Bertz CT molecular complexity index is 853. The highest BCUT2D eigenvalue weighted by atomic mass is 16.3. The molecule has 0 aromatic heterocycles. The van der Waals surface area contributed by atoms with Gasteiger partial charge in [0, 0.05) is 30.6 Å². The van der Waals surface area contributed by atoms with Crippen molar-refractivity contribution in [2.24, 2.45) is 5.92 Å². The van der Waals surface area contributed by atoms with Crippen molar-refractivity contribution in [2.75, 3.05) is 13.1 Å². The van der Waals surface area contributed by atoms with Crippen LogP contribution in [0.4, 0.5) is 0 Å². The van der Waals surface area contributed by atoms with Crippen molar-refractivity contribution in [2.45, 2.75) is 44.6 Å². The van der Waals surface area contributed by atoms with Crippen LogP contribution in [-0.4, -0.2) is 40.9 Å². The average Bonchev–Trinajstić information content (AvgIpc) is 3.13. The summed E-state index contributed by atoms with van der Waals surface area (Å²) in [5.41, 5.74) is 3.58. The van der Waals surface area contributed by atoms with Gasteiger partial charge >= 0.3 is 0 Å². The SMILES string of the molecule is O=C1CCc2c1cccc2C(=O)N1CCC(C(O)CCc2ccccc2)CC1. The molecule has 4 nitrogen and oxygen atoms in total. The molecule has 2 aliphatic rings. The number of aliphatic hydroxyl groups is 1. The van der Waals surface area contributed by atoms with Gasteiger partial charge in [0.2, 0.25) is 0 Å². The lowest BCUT2D eigenvalue weighted by Gasteiger charge is -2.34. The molecule has 0 bridgehead atoms. The van der Waals surface area contributed by atoms with Crippen molar-refractivity contribution < 1.29 is 14.7 Å². The van der Waals surface area contributed by atoms with Crippen LogP contribution in [0.1, 0.15) is 57.5 Å². The molecule has 28 heavy (non-hydrogen) atoms. The molecule has 0 saturated carbocycles. The third kappa shape index (κ3) is 3.88. The Balaban J connectivity index is 1.33. The normalized spacial score (nSPS) is 18.2. The number of rotatable bonds is 5. The van der Waals surface area contributed by atoms with E-state index < -0.39 is 0 Å². The molecule has 1 N–H and O–H groups in total. The highest BCUT2D eigenvalue weighted by Gasteiger charge is 2.30. The highest BCUT2D eigenvalue weighted by Crippen LogP contribution is 2.29. The van der Waals surface area contributed by atoms with Crippen LogP contribution >= 0.6 is 0 Å². The Kier molecular flexibility index (Phi) is 5.58. The van der Waals surface area contributed by atoms with Crippen molar-refractivity contribution in [1.82, 2.24) is 4.90 Å². The topological polar surface area (TPSA) is 57.6 Å². The molecule has 1 saturated heterocycles. The number of benzene rings is 2. The number of hydrogen-bond donors (Lipinski definition) is 1. The molecule has 146 valence electrons. The lowest BCUT2D eigenvalue weighted by Crippen LogP contribution is -2.41. The Hall–Kier alpha value is -2.46. The largest absolute Gasteiger partial charge is 0.393 e. The fourth-order valence-corrected chi connectivity index (χ4v) is 4.54. The summed E-state index contributed by atoms with van der Waals surface area (Å²) in [6, 6.07) is 15.7. The van der Waals surface area contributed by atoms with E-state index >= 15 is 0 Å². The van der Waals surface area contributed by atoms with Gasteiger partial charge in [0.25, 0.3) is 5.91 Å². The van der Waals surface area contributed by atoms with Crippen LogP contribution in [-0.2, 0) is 12.8 Å². The highest BCUT2D eigenvalue weighted by molar-refractivity contribution is 6.05. The number of piperidine rings is 1. The van der Waals surface area contributed by atoms with E-state index in [0.717, 1.165) is 36.8 Å². The van der Waals surface area contributed by atoms with Crippen LogP contribution in [0.25, 0.3) is 0 Å². The van der Waals surface area contributed by atoms with Gasteiger partial charge in [0.15, 0.2) is 5.78 Å². The molecule has 1 atom stereocenters. The molecule has 2 aromatic carbocycles. The lowest BCUT2D eigenvalue weighted by atomic mass is 9.88. The molecule has 1 amide bonds. The lowest BCUT2D eigenvalue weighted by molar-refractivity contribution is 0.0436. The van der Waals surface area contributed by atoms with Crippen molar-refractivity contribution in [3.63, 3.8) is 0 Å². The van der Waals surface area contributed by atoms with E-state index in [-0.39, 0.29) is 23.7 Å². The number of amides is 1. The number of aliphatic hydroxyl groups excluding tert-OH is 1. The molecular weight excluding hydrogens is 350 g/mol. The van der Waals surface area contributed by atoms with Crippen LogP contribution < -0.4 is 0 Å². The summed E-state index contributed by atoms with van der Waals surface area (Å²) < 4.78 is 0. The van der Waals surface area contributed by atoms with Gasteiger partial charge in [-0.1, -0.05) is 42.5 Å². The first-order valence-corrected chi connectivity index (χ1v) is 10.3. The number of carbonyl (C=O) groups is 2. The van der Waals surface area contributed by atoms with Gasteiger partial charge in [-0.3, -0.25) is 9.59 Å². The summed E-state index contributed by atoms with van der Waals surface area (Å²) in [5, 5.41) is 10.6. The molecule has 1 heterocycles. The minimum atomic E-state index is -0.323. The number of fused-ring (bicyclic) bond motifs is 1. The second-order valence-electron chi connectivity index (χ2n) is 7.98. The summed E-state index contributed by atoms with van der Waals surface area (Å²) in [6.45, 7) is 1.34. The first-order chi connectivity index (χ1) is 13.6. The summed E-state index contributed by atoms with van der Waals surface area (Å²) in [6.07, 6.45) is 4.16. The second kappa shape index (κ2) is 8.27. The average molecular weight is 377 g/mol. The molecule has 2 aromatic rings. The Morgan fingerprint density at radius 2 is 1.79 bits per heavy atom. The molecular formula is C24H27NO3. The van der Waals surface area contributed by atoms with Crippen LogP contribution in [0.15, 0.2) is 48.5 Å². The van der Waals surface area contributed by atoms with Crippen LogP contribution in [0.2, 0.25) is 0 Å². The van der Waals surface area contributed by atoms with Crippen molar-refractivity contribution in [3.8, 4) is 0 Å². The fourth-order valence-electron chi connectivity index (χ4n) is 4.54. The van der Waals surface area contributed by atoms with Crippen LogP contribution in [0.5, 0.6) is 0 Å². The van der Waals surface area contributed by atoms with Crippen LogP contribution in [0, 0.1) is 5.92 Å². The number of ketones is 1. The summed E-state index contributed by atoms with van der Waals surface area (Å²) in [5.74, 6) is 0.421. The van der Waals surface area contributed by atoms with Crippen molar-refractivity contribution >= 4 is 11.7 Å². The Morgan fingerprint density at radius 1 is 1.04 bits per heavy atom. The van der Waals surface area contributed by atoms with Crippen molar-refractivity contribution in [1.29, 1.82) is 0 Å². The number of hydrogen-bond acceptors (Lipinski definition) is 3. The predicted octanol–water partition coefficient (Wildman–Crippen LogP) is 3.66. The molecule has 0 radical (unpaired) electrons. The molecule has 4 rings (SSSR count). The zero-order valence-corrected chi connectivity index (χ0v) is 16.1. The number of carbonyl (C=O) groups excluding carboxylic acids is 2. The maximum atomic E-state index is 13.0. The zero-order valence-electron chi connectivity index (χ0n) is 16.1. The molecule has 1 unspecified atom stereocenters. The number of Topliss-reactive ketones (excluding diaryl/α,β-unsaturated/α-hetero) is 1. The zero-order chi connectivity index (χ0) is 19.5. The van der Waals surface area contributed by atoms with Gasteiger partial charge in [-0.05, 0) is 55.2 Å². The monoisotopic (exact) mass is 377 g/mol. The minimum absolute atomic E-state index is 0.0313. The summed E-state index contributed by atoms with van der Waals surface area (Å²) in [7, 11) is 0. The Labute approximate surface area is 166 Å². The molecule has 1 aliphatic carbocycles. The maximum absolute atomic E-state index is 13.0. The van der Waals surface area contributed by atoms with Gasteiger partial charge in [-0.25, -0.2) is 0 Å². The molecule has 1 aliphatic heterocycles. The minimum Gasteiger partial charge on any atom is -0.393 e. The predicted molar refractivity (Wildman–Crippen MR) is 108 cm³/mol. The molecule has 0 spiro atoms. The van der Waals surface area contributed by atoms with E-state index in [4.69, 9.17) is 0 Å². The van der Waals surface area contributed by atoms with Gasteiger partial charge in [-0.2, -0.15) is 0 Å². The van der Waals surface area contributed by atoms with Gasteiger partial charge in [0.05, 0.1) is 6.10 Å².